The van der Waals surface area contributed by atoms with Gasteiger partial charge in [0.2, 0.25) is 0 Å². The molecule has 0 N–H and O–H groups in total. The fourth-order valence-electron chi connectivity index (χ4n) is 2.23. The molecule has 4 heteroatoms. The Morgan fingerprint density at radius 1 is 1.04 bits per heavy atom. The molecule has 3 rings (SSSR count). The van der Waals surface area contributed by atoms with Gasteiger partial charge in [-0.25, -0.2) is 17.2 Å². The Hall–Kier alpha value is 0.186. The number of allylic oxidation sites excluding steroid dienone is 8. The van der Waals surface area contributed by atoms with Gasteiger partial charge in [0.15, 0.2) is 0 Å². The normalized spacial score (nSPS) is 15.6. The minimum atomic E-state index is 0. The van der Waals surface area contributed by atoms with Crippen LogP contribution >= 0.6 is 24.8 Å². The Morgan fingerprint density at radius 3 is 1.92 bits per heavy atom. The van der Waals surface area contributed by atoms with E-state index in [1.54, 1.807) is 21.6 Å². The van der Waals surface area contributed by atoms with E-state index < -0.39 is 0 Å². The monoisotopic (exact) mass is 516 g/mol. The maximum absolute atomic E-state index is 3.29. The predicted molar refractivity (Wildman–Crippen MR) is 118 cm³/mol. The molecule has 0 heterocycles. The van der Waals surface area contributed by atoms with Crippen molar-refractivity contribution < 1.29 is 21.6 Å². The van der Waals surface area contributed by atoms with Gasteiger partial charge in [-0.05, 0) is 0 Å². The fourth-order valence-corrected chi connectivity index (χ4v) is 2.23. The average molecular weight is 517 g/mol. The van der Waals surface area contributed by atoms with Crippen molar-refractivity contribution in [2.45, 2.75) is 27.2 Å². The molecule has 1 atom stereocenters. The van der Waals surface area contributed by atoms with E-state index in [0.717, 1.165) is 6.42 Å². The van der Waals surface area contributed by atoms with Gasteiger partial charge in [0.1, 0.15) is 0 Å². The molecule has 0 spiro atoms. The van der Waals surface area contributed by atoms with E-state index in [9.17, 15) is 0 Å². The summed E-state index contributed by atoms with van der Waals surface area (Å²) in [6, 6.07) is 10.4. The first-order chi connectivity index (χ1) is 10.2. The number of hydrogen-bond donors (Lipinski definition) is 0. The summed E-state index contributed by atoms with van der Waals surface area (Å²) in [5.41, 5.74) is 5.29. The molecule has 1 unspecified atom stereocenters. The fraction of sp³-hybridized carbons (Fsp3) is 0.238. The first-order valence-electron chi connectivity index (χ1n) is 7.13. The van der Waals surface area contributed by atoms with Gasteiger partial charge < -0.3 is 14.9 Å². The van der Waals surface area contributed by atoms with Crippen molar-refractivity contribution in [1.82, 2.24) is 0 Å². The van der Waals surface area contributed by atoms with Gasteiger partial charge in [-0.1, -0.05) is 50.1 Å². The molecule has 0 amide bonds. The molecule has 0 bridgehead atoms. The molecule has 2 aliphatic rings. The minimum absolute atomic E-state index is 0. The van der Waals surface area contributed by atoms with Crippen molar-refractivity contribution in [3.63, 3.8) is 0 Å². The summed E-state index contributed by atoms with van der Waals surface area (Å²) in [6.45, 7) is 6.39. The Kier molecular flexibility index (Phi) is 24.9. The zero-order valence-electron chi connectivity index (χ0n) is 15.9. The van der Waals surface area contributed by atoms with Crippen LogP contribution in [0, 0.1) is 32.9 Å². The molecule has 140 valence electrons. The van der Waals surface area contributed by atoms with E-state index >= 15 is 0 Å². The summed E-state index contributed by atoms with van der Waals surface area (Å²) in [4.78, 5) is 0. The second-order valence-corrected chi connectivity index (χ2v) is 4.99. The average Bonchev–Trinajstić information content (AvgIpc) is 3.13. The van der Waals surface area contributed by atoms with Crippen LogP contribution in [0.2, 0.25) is 0 Å². The number of rotatable bonds is 1. The molecule has 0 nitrogen and oxygen atoms in total. The van der Waals surface area contributed by atoms with Crippen molar-refractivity contribution in [2.75, 3.05) is 0 Å². The molecule has 0 saturated heterocycles. The van der Waals surface area contributed by atoms with Gasteiger partial charge in [-0.3, -0.25) is 12.2 Å². The van der Waals surface area contributed by atoms with E-state index in [0.29, 0.717) is 5.92 Å². The zero-order chi connectivity index (χ0) is 15.7. The van der Waals surface area contributed by atoms with Crippen LogP contribution in [0.4, 0.5) is 0 Å². The van der Waals surface area contributed by atoms with Crippen LogP contribution in [0.1, 0.15) is 32.8 Å². The van der Waals surface area contributed by atoms with Gasteiger partial charge in [-0.15, -0.1) is 43.7 Å². The van der Waals surface area contributed by atoms with Crippen LogP contribution in [0.5, 0.6) is 0 Å². The Balaban J connectivity index is -0.000000144. The van der Waals surface area contributed by atoms with Crippen LogP contribution in [-0.4, -0.2) is 12.1 Å². The molecule has 2 aliphatic carbocycles. The number of halogens is 2. The van der Waals surface area contributed by atoms with Crippen molar-refractivity contribution >= 4 is 42.5 Å². The van der Waals surface area contributed by atoms with Crippen LogP contribution in [0.15, 0.2) is 59.7 Å². The molecule has 0 aromatic heterocycles. The van der Waals surface area contributed by atoms with E-state index in [1.807, 2.05) is 6.07 Å². The quantitative estimate of drug-likeness (QED) is 0.317. The van der Waals surface area contributed by atoms with Crippen LogP contribution in [-0.2, 0) is 21.6 Å². The molecule has 0 saturated carbocycles. The molecule has 25 heavy (non-hydrogen) atoms. The van der Waals surface area contributed by atoms with Crippen molar-refractivity contribution in [2.24, 2.45) is 5.92 Å². The number of hydrogen-bond acceptors (Lipinski definition) is 0. The van der Waals surface area contributed by atoms with Gasteiger partial charge in [0, 0.05) is 0 Å². The first kappa shape index (κ1) is 32.8. The second kappa shape index (κ2) is 19.0. The Morgan fingerprint density at radius 2 is 1.60 bits per heavy atom. The standard InChI is InChI=1S/C11H9.C8H11.2CH3.2ClH.GeH2.Zr/c1-2-6-10(7-3-1)11-8-4-5-9-11;1-6-4-7(2)8(3)5-6;;;;;;/h1-3,6-9H,4H2;4,6H,1-3H3;2*1H3;2*1H;1H2;/q4*-1;;;;. The molecule has 0 aliphatic heterocycles. The van der Waals surface area contributed by atoms with Gasteiger partial charge in [0.25, 0.3) is 0 Å². The van der Waals surface area contributed by atoms with Crippen LogP contribution in [0.25, 0.3) is 5.57 Å². The van der Waals surface area contributed by atoms with Crippen molar-refractivity contribution in [3.05, 3.63) is 92.3 Å². The third-order valence-corrected chi connectivity index (χ3v) is 3.34. The third kappa shape index (κ3) is 12.2. The van der Waals surface area contributed by atoms with E-state index in [4.69, 9.17) is 0 Å². The molecular weight excluding hydrogens is 487 g/mol. The first-order valence-corrected chi connectivity index (χ1v) is 17.6. The van der Waals surface area contributed by atoms with Gasteiger partial charge >= 0.3 is 33.7 Å². The molecule has 1 aromatic rings. The van der Waals surface area contributed by atoms with E-state index in [2.05, 4.69) is 75.4 Å². The summed E-state index contributed by atoms with van der Waals surface area (Å²) in [7, 11) is 0. The topological polar surface area (TPSA) is 0 Å². The third-order valence-electron chi connectivity index (χ3n) is 3.34. The molecule has 0 fully saturated rings. The number of benzene rings is 1. The van der Waals surface area contributed by atoms with E-state index in [-0.39, 0.29) is 39.7 Å². The SMILES string of the molecule is CC1=[C-]C(C)C=C1C.Cl.Cl.[C-]1=CC(c2ccccc2)=CC1.[CH3-].[CH3-].[GeH2]=[Zr]. The molecule has 1 aromatic carbocycles. The summed E-state index contributed by atoms with van der Waals surface area (Å²) >= 11 is 3.14. The van der Waals surface area contributed by atoms with Crippen LogP contribution in [0.3, 0.4) is 0 Å². The molecular formula is C21H30Cl2GeZr-4. The summed E-state index contributed by atoms with van der Waals surface area (Å²) in [5.74, 6) is 0.551. The van der Waals surface area contributed by atoms with Crippen molar-refractivity contribution in [1.29, 1.82) is 0 Å². The Bertz CT molecular complexity index is 557. The summed E-state index contributed by atoms with van der Waals surface area (Å²) in [5, 5.41) is 0. The van der Waals surface area contributed by atoms with Gasteiger partial charge in [0.05, 0.1) is 0 Å². The summed E-state index contributed by atoms with van der Waals surface area (Å²) < 4.78 is 0. The zero-order valence-corrected chi connectivity index (χ0v) is 23.0. The summed E-state index contributed by atoms with van der Waals surface area (Å²) in [6.07, 6.45) is 13.9. The van der Waals surface area contributed by atoms with E-state index in [1.165, 1.54) is 34.4 Å². The van der Waals surface area contributed by atoms with Crippen molar-refractivity contribution in [3.8, 4) is 0 Å². The Labute approximate surface area is 188 Å². The predicted octanol–water partition coefficient (Wildman–Crippen LogP) is 5.99. The second-order valence-electron chi connectivity index (χ2n) is 4.99. The maximum atomic E-state index is 3.29. The van der Waals surface area contributed by atoms with Gasteiger partial charge in [-0.2, -0.15) is 17.7 Å². The molecule has 0 radical (unpaired) electrons. The van der Waals surface area contributed by atoms with Crippen LogP contribution < -0.4 is 0 Å².